The van der Waals surface area contributed by atoms with E-state index in [0.717, 1.165) is 51.3 Å². The van der Waals surface area contributed by atoms with Crippen LogP contribution in [-0.4, -0.2) is 80.9 Å². The van der Waals surface area contributed by atoms with Gasteiger partial charge in [-0.15, -0.1) is 11.3 Å². The molecule has 10 heteroatoms. The molecule has 2 fully saturated rings. The van der Waals surface area contributed by atoms with E-state index >= 15 is 0 Å². The summed E-state index contributed by atoms with van der Waals surface area (Å²) in [5, 5.41) is 14.6. The molecule has 2 saturated heterocycles. The van der Waals surface area contributed by atoms with E-state index in [2.05, 4.69) is 50.0 Å². The van der Waals surface area contributed by atoms with E-state index < -0.39 is 0 Å². The molecule has 0 radical (unpaired) electrons. The van der Waals surface area contributed by atoms with Crippen LogP contribution in [0.2, 0.25) is 0 Å². The predicted octanol–water partition coefficient (Wildman–Crippen LogP) is 2.50. The van der Waals surface area contributed by atoms with Crippen LogP contribution in [0.4, 0.5) is 11.1 Å². The lowest BCUT2D eigenvalue weighted by atomic mass is 10.1. The summed E-state index contributed by atoms with van der Waals surface area (Å²) in [6.45, 7) is 8.91. The highest BCUT2D eigenvalue weighted by Crippen LogP contribution is 2.31. The fraction of sp³-hybridized carbons (Fsp3) is 0.571. The van der Waals surface area contributed by atoms with E-state index in [1.165, 1.54) is 11.3 Å². The highest BCUT2D eigenvalue weighted by atomic mass is 32.1. The minimum absolute atomic E-state index is 0.0273. The average molecular weight is 441 g/mol. The number of carbonyl (C=O) groups is 1. The van der Waals surface area contributed by atoms with Gasteiger partial charge in [0.25, 0.3) is 5.91 Å². The lowest BCUT2D eigenvalue weighted by Gasteiger charge is -2.36. The molecule has 1 N–H and O–H groups in total. The van der Waals surface area contributed by atoms with Crippen LogP contribution >= 0.6 is 11.3 Å². The second kappa shape index (κ2) is 9.68. The largest absolute Gasteiger partial charge is 0.335 e. The maximum Gasteiger partial charge on any atom is 0.273 e. The Hall–Kier alpha value is -2.61. The summed E-state index contributed by atoms with van der Waals surface area (Å²) in [5.74, 6) is 0.431. The first kappa shape index (κ1) is 21.6. The number of carbonyl (C=O) groups excluding carboxylic acids is 1. The maximum absolute atomic E-state index is 12.8. The summed E-state index contributed by atoms with van der Waals surface area (Å²) in [6, 6.07) is 4.77. The van der Waals surface area contributed by atoms with Gasteiger partial charge in [0.1, 0.15) is 5.69 Å². The quantitative estimate of drug-likeness (QED) is 0.684. The molecule has 0 aromatic carbocycles. The highest BCUT2D eigenvalue weighted by molar-refractivity contribution is 7.14. The monoisotopic (exact) mass is 440 g/mol. The molecule has 0 saturated carbocycles. The Balaban J connectivity index is 1.39. The van der Waals surface area contributed by atoms with Crippen LogP contribution in [0.25, 0.3) is 0 Å². The van der Waals surface area contributed by atoms with Gasteiger partial charge in [-0.3, -0.25) is 14.6 Å². The molecule has 2 aromatic rings. The minimum Gasteiger partial charge on any atom is -0.335 e. The first-order valence-electron chi connectivity index (χ1n) is 10.7. The van der Waals surface area contributed by atoms with E-state index in [4.69, 9.17) is 5.26 Å². The zero-order valence-electron chi connectivity index (χ0n) is 18.0. The van der Waals surface area contributed by atoms with Gasteiger partial charge in [0.2, 0.25) is 5.95 Å². The number of nitriles is 1. The van der Waals surface area contributed by atoms with E-state index in [1.54, 1.807) is 11.6 Å². The first-order chi connectivity index (χ1) is 15.0. The third kappa shape index (κ3) is 5.01. The Morgan fingerprint density at radius 2 is 2.10 bits per heavy atom. The highest BCUT2D eigenvalue weighted by Gasteiger charge is 2.27. The molecule has 1 atom stereocenters. The predicted molar refractivity (Wildman–Crippen MR) is 119 cm³/mol. The van der Waals surface area contributed by atoms with Gasteiger partial charge in [-0.2, -0.15) is 5.26 Å². The number of nitrogens with zero attached hydrogens (tertiary/aromatic N) is 7. The van der Waals surface area contributed by atoms with Crippen LogP contribution in [0, 0.1) is 11.3 Å². The molecule has 0 aliphatic carbocycles. The molecular formula is C21H28N8OS. The van der Waals surface area contributed by atoms with Crippen LogP contribution in [-0.2, 0) is 0 Å². The number of likely N-dealkylation sites (tertiary alicyclic amines) is 1. The topological polar surface area (TPSA) is 101 Å². The van der Waals surface area contributed by atoms with Gasteiger partial charge in [-0.05, 0) is 39.3 Å². The van der Waals surface area contributed by atoms with Gasteiger partial charge in [0.15, 0.2) is 5.13 Å². The van der Waals surface area contributed by atoms with Crippen molar-refractivity contribution in [1.82, 2.24) is 29.7 Å². The van der Waals surface area contributed by atoms with Crippen molar-refractivity contribution in [1.29, 1.82) is 5.26 Å². The third-order valence-corrected chi connectivity index (χ3v) is 6.69. The molecule has 9 nitrogen and oxygen atoms in total. The van der Waals surface area contributed by atoms with E-state index in [-0.39, 0.29) is 11.9 Å². The van der Waals surface area contributed by atoms with Gasteiger partial charge in [-0.1, -0.05) is 0 Å². The van der Waals surface area contributed by atoms with Crippen LogP contribution in [0.15, 0.2) is 17.6 Å². The Morgan fingerprint density at radius 3 is 2.84 bits per heavy atom. The zero-order valence-corrected chi connectivity index (χ0v) is 18.8. The lowest BCUT2D eigenvalue weighted by molar-refractivity contribution is 0.0591. The van der Waals surface area contributed by atoms with Crippen molar-refractivity contribution in [3.8, 4) is 6.07 Å². The third-order valence-electron chi connectivity index (χ3n) is 5.93. The first-order valence-corrected chi connectivity index (χ1v) is 11.6. The molecule has 0 unspecified atom stereocenters. The van der Waals surface area contributed by atoms with E-state index in [0.29, 0.717) is 29.4 Å². The molecule has 4 heterocycles. The molecule has 164 valence electrons. The van der Waals surface area contributed by atoms with Crippen LogP contribution < -0.4 is 5.32 Å². The zero-order chi connectivity index (χ0) is 21.8. The summed E-state index contributed by atoms with van der Waals surface area (Å²) in [6.07, 6.45) is 3.77. The number of nitrogens with one attached hydrogen (secondary N) is 1. The van der Waals surface area contributed by atoms with Crippen molar-refractivity contribution in [2.45, 2.75) is 38.8 Å². The molecular weight excluding hydrogens is 412 g/mol. The second-order valence-corrected chi connectivity index (χ2v) is 9.03. The molecule has 0 bridgehead atoms. The van der Waals surface area contributed by atoms with Crippen LogP contribution in [0.3, 0.4) is 0 Å². The summed E-state index contributed by atoms with van der Waals surface area (Å²) in [5.41, 5.74) is 1.36. The minimum atomic E-state index is -0.0273. The number of aromatic nitrogens is 3. The number of anilines is 2. The van der Waals surface area contributed by atoms with Crippen molar-refractivity contribution in [2.24, 2.45) is 0 Å². The van der Waals surface area contributed by atoms with Gasteiger partial charge in [0, 0.05) is 43.8 Å². The van der Waals surface area contributed by atoms with Crippen molar-refractivity contribution in [3.63, 3.8) is 0 Å². The Bertz CT molecular complexity index is 947. The van der Waals surface area contributed by atoms with E-state index in [9.17, 15) is 4.79 Å². The van der Waals surface area contributed by atoms with Gasteiger partial charge < -0.3 is 10.2 Å². The van der Waals surface area contributed by atoms with Gasteiger partial charge in [-0.25, -0.2) is 15.0 Å². The van der Waals surface area contributed by atoms with Crippen LogP contribution in [0.1, 0.15) is 48.9 Å². The van der Waals surface area contributed by atoms with Crippen molar-refractivity contribution in [2.75, 3.05) is 44.6 Å². The number of hydrogen-bond acceptors (Lipinski definition) is 9. The van der Waals surface area contributed by atoms with Gasteiger partial charge >= 0.3 is 0 Å². The Morgan fingerprint density at radius 1 is 1.29 bits per heavy atom. The van der Waals surface area contributed by atoms with Crippen molar-refractivity contribution in [3.05, 3.63) is 29.0 Å². The number of hydrogen-bond donors (Lipinski definition) is 1. The van der Waals surface area contributed by atoms with Gasteiger partial charge in [0.05, 0.1) is 24.3 Å². The molecule has 2 aromatic heterocycles. The molecule has 0 spiro atoms. The standard InChI is InChI=1S/C21H28N8OS/c1-15(2)27-10-12-29(13-11-27)19(30)17-14-31-21(25-17)26-20-23-7-5-16(24-20)18-4-3-8-28(18)9-6-22/h5,7,14-15,18H,3-4,8-13H2,1-2H3,(H,23,24,25,26)/t18-/m1/s1. The smallest absolute Gasteiger partial charge is 0.273 e. The molecule has 2 aliphatic rings. The van der Waals surface area contributed by atoms with Crippen molar-refractivity contribution >= 4 is 28.3 Å². The molecule has 31 heavy (non-hydrogen) atoms. The van der Waals surface area contributed by atoms with Crippen molar-refractivity contribution < 1.29 is 4.79 Å². The Labute approximate surface area is 186 Å². The summed E-state index contributed by atoms with van der Waals surface area (Å²) in [4.78, 5) is 32.7. The maximum atomic E-state index is 12.8. The molecule has 1 amide bonds. The summed E-state index contributed by atoms with van der Waals surface area (Å²) in [7, 11) is 0. The fourth-order valence-corrected chi connectivity index (χ4v) is 4.87. The van der Waals surface area contributed by atoms with E-state index in [1.807, 2.05) is 11.0 Å². The summed E-state index contributed by atoms with van der Waals surface area (Å²) >= 11 is 1.38. The Kier molecular flexibility index (Phi) is 6.75. The molecule has 4 rings (SSSR count). The fourth-order valence-electron chi connectivity index (χ4n) is 4.19. The average Bonchev–Trinajstić information content (AvgIpc) is 3.43. The SMILES string of the molecule is CC(C)N1CCN(C(=O)c2csc(Nc3nccc([C@H]4CCCN4CC#N)n3)n2)CC1. The number of amides is 1. The summed E-state index contributed by atoms with van der Waals surface area (Å²) < 4.78 is 0. The second-order valence-electron chi connectivity index (χ2n) is 8.18. The number of rotatable bonds is 6. The lowest BCUT2D eigenvalue weighted by Crippen LogP contribution is -2.50. The molecule has 2 aliphatic heterocycles. The van der Waals surface area contributed by atoms with Crippen LogP contribution in [0.5, 0.6) is 0 Å². The normalized spacial score (nSPS) is 20.2. The number of piperazine rings is 1. The number of thiazole rings is 1.